The molecule has 0 aromatic carbocycles. The SMILES string of the molecule is CCc1nc(S(C)(=O)=O)nc(N[C@@H](C)c2nc3ccn(C)c3cc2N2CCN(C(=O)OC(C)(C)C)CC2)c1C#N. The number of nitrogens with one attached hydrogen (secondary N) is 1. The second-order valence-corrected chi connectivity index (χ2v) is 12.9. The van der Waals surface area contributed by atoms with E-state index < -0.39 is 21.5 Å². The van der Waals surface area contributed by atoms with E-state index in [4.69, 9.17) is 9.72 Å². The molecular formula is C27H36N8O4S. The fourth-order valence-electron chi connectivity index (χ4n) is 4.62. The van der Waals surface area contributed by atoms with E-state index in [0.717, 1.165) is 23.0 Å². The van der Waals surface area contributed by atoms with Crippen molar-refractivity contribution in [1.82, 2.24) is 24.4 Å². The number of sulfone groups is 1. The van der Waals surface area contributed by atoms with Crippen molar-refractivity contribution in [2.75, 3.05) is 42.7 Å². The molecule has 214 valence electrons. The van der Waals surface area contributed by atoms with Gasteiger partial charge in [0.15, 0.2) is 0 Å². The van der Waals surface area contributed by atoms with Crippen molar-refractivity contribution in [3.8, 4) is 6.07 Å². The van der Waals surface area contributed by atoms with Gasteiger partial charge in [-0.15, -0.1) is 0 Å². The second-order valence-electron chi connectivity index (χ2n) is 11.0. The lowest BCUT2D eigenvalue weighted by molar-refractivity contribution is 0.0240. The molecule has 13 heteroatoms. The Kier molecular flexibility index (Phi) is 7.94. The molecule has 3 aromatic heterocycles. The first-order valence-corrected chi connectivity index (χ1v) is 15.1. The number of pyridine rings is 1. The van der Waals surface area contributed by atoms with Crippen LogP contribution in [0.5, 0.6) is 0 Å². The Morgan fingerprint density at radius 2 is 1.88 bits per heavy atom. The third-order valence-electron chi connectivity index (χ3n) is 6.65. The summed E-state index contributed by atoms with van der Waals surface area (Å²) >= 11 is 0. The molecule has 1 fully saturated rings. The van der Waals surface area contributed by atoms with Gasteiger partial charge in [-0.2, -0.15) is 10.2 Å². The third kappa shape index (κ3) is 6.12. The average Bonchev–Trinajstić information content (AvgIpc) is 3.25. The minimum Gasteiger partial charge on any atom is -0.444 e. The standard InChI is InChI=1S/C27H36N8O4S/c1-8-19-18(16-28)24(32-25(31-19)40(7,37)38)29-17(2)23-22(15-21-20(30-23)9-10-33(21)6)34-11-13-35(14-12-34)26(36)39-27(3,4)5/h9-10,15,17H,8,11-14H2,1-7H3,(H,29,31,32)/t17-/m0/s1. The molecule has 0 saturated carbocycles. The van der Waals surface area contributed by atoms with Crippen LogP contribution >= 0.6 is 0 Å². The Labute approximate surface area is 234 Å². The van der Waals surface area contributed by atoms with Crippen LogP contribution in [0.2, 0.25) is 0 Å². The lowest BCUT2D eigenvalue weighted by Gasteiger charge is -2.37. The van der Waals surface area contributed by atoms with E-state index in [1.165, 1.54) is 0 Å². The van der Waals surface area contributed by atoms with E-state index >= 15 is 0 Å². The fourth-order valence-corrected chi connectivity index (χ4v) is 5.15. The number of rotatable bonds is 6. The summed E-state index contributed by atoms with van der Waals surface area (Å²) in [5.74, 6) is 0.151. The smallest absolute Gasteiger partial charge is 0.410 e. The molecule has 1 aliphatic heterocycles. The molecule has 4 rings (SSSR count). The van der Waals surface area contributed by atoms with E-state index in [-0.39, 0.29) is 22.6 Å². The number of carbonyl (C=O) groups is 1. The topological polar surface area (TPSA) is 146 Å². The first-order chi connectivity index (χ1) is 18.7. The molecule has 1 aliphatic rings. The van der Waals surface area contributed by atoms with Gasteiger partial charge in [0.05, 0.1) is 34.2 Å². The summed E-state index contributed by atoms with van der Waals surface area (Å²) in [6, 6.07) is 5.69. The zero-order chi connectivity index (χ0) is 29.4. The van der Waals surface area contributed by atoms with Crippen LogP contribution in [-0.4, -0.2) is 77.0 Å². The zero-order valence-corrected chi connectivity index (χ0v) is 24.8. The van der Waals surface area contributed by atoms with Crippen molar-refractivity contribution in [2.45, 2.75) is 57.8 Å². The predicted octanol–water partition coefficient (Wildman–Crippen LogP) is 3.43. The summed E-state index contributed by atoms with van der Waals surface area (Å²) in [5.41, 5.74) is 3.34. The second kappa shape index (κ2) is 10.9. The first-order valence-electron chi connectivity index (χ1n) is 13.2. The highest BCUT2D eigenvalue weighted by atomic mass is 32.2. The monoisotopic (exact) mass is 568 g/mol. The molecule has 1 atom stereocenters. The van der Waals surface area contributed by atoms with E-state index in [1.54, 1.807) is 4.90 Å². The zero-order valence-electron chi connectivity index (χ0n) is 24.0. The third-order valence-corrected chi connectivity index (χ3v) is 7.50. The Morgan fingerprint density at radius 1 is 1.20 bits per heavy atom. The highest BCUT2D eigenvalue weighted by Crippen LogP contribution is 2.33. The summed E-state index contributed by atoms with van der Waals surface area (Å²) in [7, 11) is -1.75. The van der Waals surface area contributed by atoms with Crippen molar-refractivity contribution in [3.63, 3.8) is 0 Å². The molecule has 40 heavy (non-hydrogen) atoms. The van der Waals surface area contributed by atoms with E-state index in [0.29, 0.717) is 44.0 Å². The van der Waals surface area contributed by atoms with Gasteiger partial charge in [0.25, 0.3) is 0 Å². The van der Waals surface area contributed by atoms with Crippen molar-refractivity contribution in [3.05, 3.63) is 35.3 Å². The number of nitriles is 1. The molecule has 0 aliphatic carbocycles. The number of amides is 1. The largest absolute Gasteiger partial charge is 0.444 e. The number of ether oxygens (including phenoxy) is 1. The molecule has 0 bridgehead atoms. The molecule has 0 unspecified atom stereocenters. The van der Waals surface area contributed by atoms with E-state index in [2.05, 4.69) is 32.3 Å². The number of carbonyl (C=O) groups excluding carboxylic acids is 1. The fraction of sp³-hybridized carbons (Fsp3) is 0.519. The Balaban J connectivity index is 1.69. The number of hydrogen-bond acceptors (Lipinski definition) is 10. The van der Waals surface area contributed by atoms with Gasteiger partial charge in [-0.05, 0) is 46.2 Å². The predicted molar refractivity (Wildman–Crippen MR) is 152 cm³/mol. The molecule has 1 amide bonds. The number of fused-ring (bicyclic) bond motifs is 1. The van der Waals surface area contributed by atoms with Crippen LogP contribution in [-0.2, 0) is 28.0 Å². The van der Waals surface area contributed by atoms with Gasteiger partial charge in [0.2, 0.25) is 15.0 Å². The maximum absolute atomic E-state index is 12.6. The van der Waals surface area contributed by atoms with Crippen LogP contribution in [0.4, 0.5) is 16.3 Å². The summed E-state index contributed by atoms with van der Waals surface area (Å²) in [6.07, 6.45) is 3.02. The number of nitrogens with zero attached hydrogens (tertiary/aromatic N) is 7. The molecule has 1 saturated heterocycles. The number of aryl methyl sites for hydroxylation is 2. The maximum Gasteiger partial charge on any atom is 0.410 e. The number of hydrogen-bond donors (Lipinski definition) is 1. The molecule has 0 spiro atoms. The lowest BCUT2D eigenvalue weighted by Crippen LogP contribution is -2.50. The number of anilines is 2. The molecule has 12 nitrogen and oxygen atoms in total. The molecule has 1 N–H and O–H groups in total. The van der Waals surface area contributed by atoms with Crippen molar-refractivity contribution in [2.24, 2.45) is 7.05 Å². The van der Waals surface area contributed by atoms with Gasteiger partial charge in [0.1, 0.15) is 23.1 Å². The lowest BCUT2D eigenvalue weighted by atomic mass is 10.1. The maximum atomic E-state index is 12.6. The summed E-state index contributed by atoms with van der Waals surface area (Å²) in [6.45, 7) is 11.4. The van der Waals surface area contributed by atoms with Gasteiger partial charge >= 0.3 is 6.09 Å². The summed E-state index contributed by atoms with van der Waals surface area (Å²) in [4.78, 5) is 29.8. The van der Waals surface area contributed by atoms with Crippen molar-refractivity contribution >= 4 is 38.5 Å². The minimum absolute atomic E-state index is 0.151. The Bertz CT molecular complexity index is 1580. The molecule has 0 radical (unpaired) electrons. The van der Waals surface area contributed by atoms with Crippen molar-refractivity contribution in [1.29, 1.82) is 5.26 Å². The highest BCUT2D eigenvalue weighted by molar-refractivity contribution is 7.90. The van der Waals surface area contributed by atoms with Crippen LogP contribution in [0.1, 0.15) is 57.6 Å². The van der Waals surface area contributed by atoms with Crippen LogP contribution in [0.15, 0.2) is 23.5 Å². The normalized spacial score (nSPS) is 15.2. The minimum atomic E-state index is -3.70. The van der Waals surface area contributed by atoms with Gasteiger partial charge in [-0.1, -0.05) is 6.92 Å². The first kappa shape index (κ1) is 29.1. The van der Waals surface area contributed by atoms with Crippen LogP contribution in [0.25, 0.3) is 11.0 Å². The van der Waals surface area contributed by atoms with Crippen LogP contribution in [0.3, 0.4) is 0 Å². The van der Waals surface area contributed by atoms with E-state index in [1.807, 2.05) is 58.5 Å². The Morgan fingerprint density at radius 3 is 2.45 bits per heavy atom. The van der Waals surface area contributed by atoms with Gasteiger partial charge < -0.3 is 24.4 Å². The van der Waals surface area contributed by atoms with E-state index in [9.17, 15) is 18.5 Å². The summed E-state index contributed by atoms with van der Waals surface area (Å²) in [5, 5.41) is 12.8. The Hall–Kier alpha value is -3.92. The molecular weight excluding hydrogens is 532 g/mol. The quantitative estimate of drug-likeness (QED) is 0.439. The average molecular weight is 569 g/mol. The molecule has 4 heterocycles. The number of piperazine rings is 1. The highest BCUT2D eigenvalue weighted by Gasteiger charge is 2.29. The summed E-state index contributed by atoms with van der Waals surface area (Å²) < 4.78 is 32.1. The molecule has 3 aromatic rings. The van der Waals surface area contributed by atoms with Gasteiger partial charge in [0, 0.05) is 45.7 Å². The van der Waals surface area contributed by atoms with Gasteiger partial charge in [-0.25, -0.2) is 23.2 Å². The van der Waals surface area contributed by atoms with Crippen molar-refractivity contribution < 1.29 is 17.9 Å². The van der Waals surface area contributed by atoms with Crippen LogP contribution < -0.4 is 10.2 Å². The van der Waals surface area contributed by atoms with Crippen LogP contribution in [0, 0.1) is 11.3 Å². The number of aromatic nitrogens is 4. The van der Waals surface area contributed by atoms with Gasteiger partial charge in [-0.3, -0.25) is 0 Å².